The highest BCUT2D eigenvalue weighted by molar-refractivity contribution is 5.93. The normalized spacial score (nSPS) is 9.62. The first-order valence-corrected chi connectivity index (χ1v) is 6.68. The fraction of sp³-hybridized carbons (Fsp3) is 0.176. The van der Waals surface area contributed by atoms with E-state index in [-0.39, 0.29) is 5.91 Å². The van der Waals surface area contributed by atoms with Gasteiger partial charge in [-0.15, -0.1) is 0 Å². The number of pyridine rings is 1. The molecule has 0 radical (unpaired) electrons. The van der Waals surface area contributed by atoms with Crippen LogP contribution < -0.4 is 11.1 Å². The molecule has 0 aliphatic rings. The molecule has 0 spiro atoms. The largest absolute Gasteiger partial charge is 0.347 e. The Morgan fingerprint density at radius 1 is 1.29 bits per heavy atom. The number of carbonyl (C=O) groups is 1. The van der Waals surface area contributed by atoms with Crippen LogP contribution in [-0.4, -0.2) is 17.4 Å². The average Bonchev–Trinajstić information content (AvgIpc) is 2.52. The van der Waals surface area contributed by atoms with Crippen molar-refractivity contribution in [3.05, 3.63) is 65.0 Å². The standard InChI is InChI=1S/C17H17N3O/c1-13-4-3-11-19-16(13)17(21)20-12-15-8-6-14(7-9-15)5-2-10-18/h3-4,6-9,11H,10,12,18H2,1H3,(H,20,21). The molecule has 106 valence electrons. The molecule has 3 N–H and O–H groups in total. The molecule has 4 heteroatoms. The molecule has 1 amide bonds. The Kier molecular flexibility index (Phi) is 5.08. The second-order valence-corrected chi connectivity index (χ2v) is 4.55. The maximum Gasteiger partial charge on any atom is 0.270 e. The summed E-state index contributed by atoms with van der Waals surface area (Å²) < 4.78 is 0. The lowest BCUT2D eigenvalue weighted by Crippen LogP contribution is -2.24. The first kappa shape index (κ1) is 14.8. The van der Waals surface area contributed by atoms with Gasteiger partial charge in [-0.3, -0.25) is 9.78 Å². The first-order valence-electron chi connectivity index (χ1n) is 6.68. The van der Waals surface area contributed by atoms with E-state index in [2.05, 4.69) is 22.1 Å². The van der Waals surface area contributed by atoms with Crippen LogP contribution in [0.15, 0.2) is 42.6 Å². The summed E-state index contributed by atoms with van der Waals surface area (Å²) in [5.74, 6) is 5.59. The van der Waals surface area contributed by atoms with Crippen LogP contribution in [0.5, 0.6) is 0 Å². The maximum atomic E-state index is 12.0. The molecule has 2 rings (SSSR count). The molecule has 2 aromatic rings. The smallest absolute Gasteiger partial charge is 0.270 e. The van der Waals surface area contributed by atoms with Gasteiger partial charge in [0.25, 0.3) is 5.91 Å². The number of hydrogen-bond donors (Lipinski definition) is 2. The van der Waals surface area contributed by atoms with E-state index in [9.17, 15) is 4.79 Å². The molecule has 0 bridgehead atoms. The van der Waals surface area contributed by atoms with E-state index in [0.29, 0.717) is 18.8 Å². The molecule has 1 heterocycles. The van der Waals surface area contributed by atoms with Crippen molar-refractivity contribution >= 4 is 5.91 Å². The minimum atomic E-state index is -0.167. The number of rotatable bonds is 3. The summed E-state index contributed by atoms with van der Waals surface area (Å²) in [4.78, 5) is 16.1. The molecule has 4 nitrogen and oxygen atoms in total. The fourth-order valence-corrected chi connectivity index (χ4v) is 1.85. The summed E-state index contributed by atoms with van der Waals surface area (Å²) >= 11 is 0. The number of nitrogens with two attached hydrogens (primary N) is 1. The molecular weight excluding hydrogens is 262 g/mol. The van der Waals surface area contributed by atoms with Gasteiger partial charge in [-0.1, -0.05) is 30.0 Å². The summed E-state index contributed by atoms with van der Waals surface area (Å²) in [7, 11) is 0. The molecule has 1 aromatic heterocycles. The van der Waals surface area contributed by atoms with E-state index < -0.39 is 0 Å². The predicted molar refractivity (Wildman–Crippen MR) is 82.5 cm³/mol. The van der Waals surface area contributed by atoms with E-state index in [1.165, 1.54) is 0 Å². The van der Waals surface area contributed by atoms with Crippen molar-refractivity contribution in [2.24, 2.45) is 5.73 Å². The third-order valence-corrected chi connectivity index (χ3v) is 2.97. The topological polar surface area (TPSA) is 68.0 Å². The molecular formula is C17H17N3O. The molecule has 0 atom stereocenters. The van der Waals surface area contributed by atoms with Crippen LogP contribution in [0.1, 0.15) is 27.2 Å². The number of benzene rings is 1. The predicted octanol–water partition coefficient (Wildman–Crippen LogP) is 1.63. The Hall–Kier alpha value is -2.64. The Bertz CT molecular complexity index is 681. The fourth-order valence-electron chi connectivity index (χ4n) is 1.85. The number of aryl methyl sites for hydroxylation is 1. The zero-order valence-electron chi connectivity index (χ0n) is 11.9. The SMILES string of the molecule is Cc1cccnc1C(=O)NCc1ccc(C#CCN)cc1. The molecule has 21 heavy (non-hydrogen) atoms. The van der Waals surface area contributed by atoms with Gasteiger partial charge in [0.15, 0.2) is 0 Å². The molecule has 1 aromatic carbocycles. The van der Waals surface area contributed by atoms with Crippen molar-refractivity contribution in [2.45, 2.75) is 13.5 Å². The summed E-state index contributed by atoms with van der Waals surface area (Å²) in [5, 5.41) is 2.86. The summed E-state index contributed by atoms with van der Waals surface area (Å²) in [6.07, 6.45) is 1.62. The quantitative estimate of drug-likeness (QED) is 0.839. The summed E-state index contributed by atoms with van der Waals surface area (Å²) in [5.41, 5.74) is 8.57. The van der Waals surface area contributed by atoms with E-state index >= 15 is 0 Å². The van der Waals surface area contributed by atoms with E-state index in [0.717, 1.165) is 16.7 Å². The van der Waals surface area contributed by atoms with Crippen LogP contribution in [0.2, 0.25) is 0 Å². The molecule has 0 unspecified atom stereocenters. The van der Waals surface area contributed by atoms with Crippen LogP contribution in [0.25, 0.3) is 0 Å². The lowest BCUT2D eigenvalue weighted by Gasteiger charge is -2.06. The van der Waals surface area contributed by atoms with Gasteiger partial charge in [0, 0.05) is 18.3 Å². The summed E-state index contributed by atoms with van der Waals surface area (Å²) in [6, 6.07) is 11.4. The third kappa shape index (κ3) is 4.16. The summed E-state index contributed by atoms with van der Waals surface area (Å²) in [6.45, 7) is 2.67. The molecule has 0 aliphatic heterocycles. The first-order chi connectivity index (χ1) is 10.2. The van der Waals surface area contributed by atoms with Gasteiger partial charge < -0.3 is 11.1 Å². The number of nitrogens with zero attached hydrogens (tertiary/aromatic N) is 1. The van der Waals surface area contributed by atoms with Crippen molar-refractivity contribution in [3.63, 3.8) is 0 Å². The van der Waals surface area contributed by atoms with Crippen LogP contribution >= 0.6 is 0 Å². The van der Waals surface area contributed by atoms with E-state index in [1.54, 1.807) is 6.20 Å². The molecule has 0 aliphatic carbocycles. The Morgan fingerprint density at radius 2 is 2.05 bits per heavy atom. The maximum absolute atomic E-state index is 12.0. The minimum Gasteiger partial charge on any atom is -0.347 e. The Morgan fingerprint density at radius 3 is 2.71 bits per heavy atom. The van der Waals surface area contributed by atoms with Crippen LogP contribution in [-0.2, 0) is 6.54 Å². The number of nitrogens with one attached hydrogen (secondary N) is 1. The second-order valence-electron chi connectivity index (χ2n) is 4.55. The highest BCUT2D eigenvalue weighted by Crippen LogP contribution is 2.05. The van der Waals surface area contributed by atoms with Crippen molar-refractivity contribution in [3.8, 4) is 11.8 Å². The highest BCUT2D eigenvalue weighted by atomic mass is 16.1. The van der Waals surface area contributed by atoms with Crippen molar-refractivity contribution < 1.29 is 4.79 Å². The number of aromatic nitrogens is 1. The second kappa shape index (κ2) is 7.22. The Balaban J connectivity index is 1.97. The number of carbonyl (C=O) groups excluding carboxylic acids is 1. The van der Waals surface area contributed by atoms with Crippen molar-refractivity contribution in [1.29, 1.82) is 0 Å². The Labute approximate surface area is 124 Å². The van der Waals surface area contributed by atoms with Gasteiger partial charge in [-0.2, -0.15) is 0 Å². The van der Waals surface area contributed by atoms with Crippen molar-refractivity contribution in [2.75, 3.05) is 6.54 Å². The van der Waals surface area contributed by atoms with Gasteiger partial charge in [-0.25, -0.2) is 0 Å². The van der Waals surface area contributed by atoms with Gasteiger partial charge in [0.2, 0.25) is 0 Å². The van der Waals surface area contributed by atoms with E-state index in [4.69, 9.17) is 5.73 Å². The van der Waals surface area contributed by atoms with Gasteiger partial charge in [0.05, 0.1) is 6.54 Å². The monoisotopic (exact) mass is 279 g/mol. The molecule has 0 saturated carbocycles. The van der Waals surface area contributed by atoms with Gasteiger partial charge in [-0.05, 0) is 36.2 Å². The lowest BCUT2D eigenvalue weighted by molar-refractivity contribution is 0.0945. The molecule has 0 fully saturated rings. The number of amides is 1. The minimum absolute atomic E-state index is 0.167. The zero-order valence-corrected chi connectivity index (χ0v) is 11.9. The van der Waals surface area contributed by atoms with Crippen LogP contribution in [0.3, 0.4) is 0 Å². The van der Waals surface area contributed by atoms with Crippen LogP contribution in [0, 0.1) is 18.8 Å². The molecule has 0 saturated heterocycles. The van der Waals surface area contributed by atoms with E-state index in [1.807, 2.05) is 43.3 Å². The third-order valence-electron chi connectivity index (χ3n) is 2.97. The van der Waals surface area contributed by atoms with Crippen LogP contribution in [0.4, 0.5) is 0 Å². The average molecular weight is 279 g/mol. The highest BCUT2D eigenvalue weighted by Gasteiger charge is 2.09. The zero-order chi connectivity index (χ0) is 15.1. The van der Waals surface area contributed by atoms with Gasteiger partial charge >= 0.3 is 0 Å². The van der Waals surface area contributed by atoms with Gasteiger partial charge in [0.1, 0.15) is 5.69 Å². The van der Waals surface area contributed by atoms with Crippen molar-refractivity contribution in [1.82, 2.24) is 10.3 Å². The lowest BCUT2D eigenvalue weighted by atomic mass is 10.1. The number of hydrogen-bond acceptors (Lipinski definition) is 3.